The first kappa shape index (κ1) is 15.9. The van der Waals surface area contributed by atoms with Crippen LogP contribution in [-0.2, 0) is 7.05 Å². The van der Waals surface area contributed by atoms with E-state index < -0.39 is 0 Å². The molecule has 3 aromatic rings. The molecule has 1 aromatic carbocycles. The van der Waals surface area contributed by atoms with Crippen LogP contribution in [0.3, 0.4) is 0 Å². The molecule has 2 aromatic heterocycles. The largest absolute Gasteiger partial charge is 0.329 e. The zero-order chi connectivity index (χ0) is 15.4. The third kappa shape index (κ3) is 4.07. The number of thiazole rings is 1. The van der Waals surface area contributed by atoms with Gasteiger partial charge < -0.3 is 4.57 Å². The number of hydrogen-bond donors (Lipinski definition) is 0. The van der Waals surface area contributed by atoms with Gasteiger partial charge in [-0.1, -0.05) is 47.3 Å². The number of nitrogens with zero attached hydrogens (tertiary/aromatic N) is 3. The summed E-state index contributed by atoms with van der Waals surface area (Å²) in [5.74, 6) is 1.86. The molecule has 0 saturated carbocycles. The molecule has 0 aliphatic heterocycles. The molecule has 0 atom stereocenters. The minimum Gasteiger partial charge on any atom is -0.329 e. The molecule has 3 rings (SSSR count). The monoisotopic (exact) mass is 367 g/mol. The highest BCUT2D eigenvalue weighted by atomic mass is 35.5. The molecular formula is C15H14ClN3S3. The number of imidazole rings is 1. The molecule has 0 radical (unpaired) electrons. The Hall–Kier alpha value is -0.950. The number of aryl methyl sites for hydroxylation is 1. The molecule has 114 valence electrons. The number of fused-ring (bicyclic) bond motifs is 1. The third-order valence-corrected chi connectivity index (χ3v) is 6.26. The van der Waals surface area contributed by atoms with Gasteiger partial charge in [-0.15, -0.1) is 11.3 Å². The Morgan fingerprint density at radius 3 is 2.86 bits per heavy atom. The van der Waals surface area contributed by atoms with Gasteiger partial charge in [0.1, 0.15) is 0 Å². The van der Waals surface area contributed by atoms with E-state index in [0.717, 1.165) is 31.5 Å². The van der Waals surface area contributed by atoms with Crippen molar-refractivity contribution in [3.05, 3.63) is 47.8 Å². The quantitative estimate of drug-likeness (QED) is 0.446. The molecule has 0 saturated heterocycles. The second kappa shape index (κ2) is 7.55. The first-order valence-electron chi connectivity index (χ1n) is 6.66. The molecule has 0 aliphatic carbocycles. The van der Waals surface area contributed by atoms with Crippen molar-refractivity contribution < 1.29 is 0 Å². The van der Waals surface area contributed by atoms with E-state index in [0.29, 0.717) is 0 Å². The lowest BCUT2D eigenvalue weighted by Crippen LogP contribution is -1.88. The number of hydrogen-bond acceptors (Lipinski definition) is 5. The minimum atomic E-state index is 0.737. The lowest BCUT2D eigenvalue weighted by molar-refractivity contribution is 0.791. The average Bonchev–Trinajstić information content (AvgIpc) is 3.08. The van der Waals surface area contributed by atoms with Crippen LogP contribution in [-0.4, -0.2) is 26.0 Å². The van der Waals surface area contributed by atoms with Crippen molar-refractivity contribution in [3.63, 3.8) is 0 Å². The van der Waals surface area contributed by atoms with Crippen LogP contribution in [0, 0.1) is 0 Å². The fourth-order valence-electron chi connectivity index (χ4n) is 1.81. The summed E-state index contributed by atoms with van der Waals surface area (Å²) in [7, 11) is 2.01. The molecule has 0 bridgehead atoms. The van der Waals surface area contributed by atoms with E-state index in [4.69, 9.17) is 11.6 Å². The summed E-state index contributed by atoms with van der Waals surface area (Å²) in [6, 6.07) is 5.85. The second-order valence-electron chi connectivity index (χ2n) is 4.51. The maximum absolute atomic E-state index is 5.98. The maximum atomic E-state index is 5.98. The minimum absolute atomic E-state index is 0.737. The summed E-state index contributed by atoms with van der Waals surface area (Å²) in [6.45, 7) is 0. The van der Waals surface area contributed by atoms with E-state index in [1.54, 1.807) is 34.9 Å². The van der Waals surface area contributed by atoms with Crippen molar-refractivity contribution in [1.29, 1.82) is 0 Å². The van der Waals surface area contributed by atoms with Crippen molar-refractivity contribution in [3.8, 4) is 0 Å². The van der Waals surface area contributed by atoms with Gasteiger partial charge in [-0.3, -0.25) is 0 Å². The average molecular weight is 368 g/mol. The Labute approximate surface area is 146 Å². The summed E-state index contributed by atoms with van der Waals surface area (Å²) >= 11 is 11.2. The SMILES string of the molecule is Cn1ccnc1SC/C=C/CSc1nc2cc(Cl)ccc2s1. The summed E-state index contributed by atoms with van der Waals surface area (Å²) in [6.07, 6.45) is 8.14. The number of benzene rings is 1. The zero-order valence-corrected chi connectivity index (χ0v) is 15.1. The molecule has 0 amide bonds. The highest BCUT2D eigenvalue weighted by Crippen LogP contribution is 2.31. The number of thioether (sulfide) groups is 2. The first-order valence-corrected chi connectivity index (χ1v) is 9.83. The fourth-order valence-corrected chi connectivity index (χ4v) is 4.68. The van der Waals surface area contributed by atoms with Crippen molar-refractivity contribution in [2.24, 2.45) is 7.05 Å². The predicted octanol–water partition coefficient (Wildman–Crippen LogP) is 5.12. The van der Waals surface area contributed by atoms with Crippen molar-refractivity contribution in [1.82, 2.24) is 14.5 Å². The number of halogens is 1. The van der Waals surface area contributed by atoms with Crippen molar-refractivity contribution in [2.75, 3.05) is 11.5 Å². The normalized spacial score (nSPS) is 11.7. The molecule has 0 aliphatic rings. The van der Waals surface area contributed by atoms with E-state index in [2.05, 4.69) is 22.1 Å². The second-order valence-corrected chi connectivity index (χ2v) is 8.23. The molecular weight excluding hydrogens is 354 g/mol. The molecule has 3 nitrogen and oxygen atoms in total. The van der Waals surface area contributed by atoms with E-state index in [-0.39, 0.29) is 0 Å². The van der Waals surface area contributed by atoms with Gasteiger partial charge in [-0.2, -0.15) is 0 Å². The molecule has 0 N–H and O–H groups in total. The Bertz CT molecular complexity index is 794. The van der Waals surface area contributed by atoms with Gasteiger partial charge in [0.05, 0.1) is 10.2 Å². The molecule has 0 spiro atoms. The van der Waals surface area contributed by atoms with Crippen LogP contribution in [0.25, 0.3) is 10.2 Å². The van der Waals surface area contributed by atoms with Gasteiger partial charge >= 0.3 is 0 Å². The van der Waals surface area contributed by atoms with Crippen LogP contribution in [0.1, 0.15) is 0 Å². The van der Waals surface area contributed by atoms with Crippen LogP contribution in [0.4, 0.5) is 0 Å². The lowest BCUT2D eigenvalue weighted by Gasteiger charge is -1.97. The van der Waals surface area contributed by atoms with Crippen molar-refractivity contribution in [2.45, 2.75) is 9.50 Å². The summed E-state index contributed by atoms with van der Waals surface area (Å²) in [5, 5.41) is 1.78. The van der Waals surface area contributed by atoms with Crippen LogP contribution in [0.15, 0.2) is 52.2 Å². The molecule has 22 heavy (non-hydrogen) atoms. The Kier molecular flexibility index (Phi) is 5.46. The first-order chi connectivity index (χ1) is 10.7. The van der Waals surface area contributed by atoms with Gasteiger partial charge in [0, 0.05) is 36.0 Å². The zero-order valence-electron chi connectivity index (χ0n) is 11.9. The highest BCUT2D eigenvalue weighted by molar-refractivity contribution is 8.01. The molecule has 0 fully saturated rings. The van der Waals surface area contributed by atoms with E-state index in [9.17, 15) is 0 Å². The van der Waals surface area contributed by atoms with Crippen LogP contribution >= 0.6 is 46.5 Å². The fraction of sp³-hybridized carbons (Fsp3) is 0.200. The van der Waals surface area contributed by atoms with Gasteiger partial charge in [0.25, 0.3) is 0 Å². The third-order valence-electron chi connectivity index (χ3n) is 2.89. The van der Waals surface area contributed by atoms with Crippen LogP contribution in [0.5, 0.6) is 0 Å². The number of rotatable bonds is 6. The summed E-state index contributed by atoms with van der Waals surface area (Å²) < 4.78 is 4.29. The van der Waals surface area contributed by atoms with E-state index >= 15 is 0 Å². The van der Waals surface area contributed by atoms with Gasteiger partial charge in [-0.05, 0) is 18.2 Å². The van der Waals surface area contributed by atoms with Crippen LogP contribution in [0.2, 0.25) is 5.02 Å². The summed E-state index contributed by atoms with van der Waals surface area (Å²) in [5.41, 5.74) is 0.981. The smallest absolute Gasteiger partial charge is 0.167 e. The van der Waals surface area contributed by atoms with Gasteiger partial charge in [0.15, 0.2) is 9.50 Å². The Morgan fingerprint density at radius 1 is 1.27 bits per heavy atom. The van der Waals surface area contributed by atoms with Gasteiger partial charge in [-0.25, -0.2) is 9.97 Å². The maximum Gasteiger partial charge on any atom is 0.167 e. The van der Waals surface area contributed by atoms with E-state index in [1.807, 2.05) is 42.2 Å². The summed E-state index contributed by atoms with van der Waals surface area (Å²) in [4.78, 5) is 8.87. The Morgan fingerprint density at radius 2 is 2.09 bits per heavy atom. The highest BCUT2D eigenvalue weighted by Gasteiger charge is 2.04. The van der Waals surface area contributed by atoms with Crippen molar-refractivity contribution >= 4 is 56.7 Å². The molecule has 7 heteroatoms. The van der Waals surface area contributed by atoms with E-state index in [1.165, 1.54) is 4.70 Å². The Balaban J connectivity index is 1.47. The number of aromatic nitrogens is 3. The van der Waals surface area contributed by atoms with Crippen LogP contribution < -0.4 is 0 Å². The topological polar surface area (TPSA) is 30.7 Å². The van der Waals surface area contributed by atoms with Gasteiger partial charge in [0.2, 0.25) is 0 Å². The molecule has 0 unspecified atom stereocenters. The predicted molar refractivity (Wildman–Crippen MR) is 98.4 cm³/mol. The standard InChI is InChI=1S/C15H14ClN3S3/c1-19-7-6-17-14(19)20-8-2-3-9-21-15-18-12-10-11(16)4-5-13(12)22-15/h2-7,10H,8-9H2,1H3/b3-2+. The molecule has 2 heterocycles. The lowest BCUT2D eigenvalue weighted by atomic mass is 10.3.